The molecule has 0 saturated carbocycles. The maximum atomic E-state index is 3.69. The Kier molecular flexibility index (Phi) is 3.36. The first-order chi connectivity index (χ1) is 9.20. The van der Waals surface area contributed by atoms with E-state index in [2.05, 4.69) is 43.2 Å². The Morgan fingerprint density at radius 3 is 2.84 bits per heavy atom. The monoisotopic (exact) mass is 256 g/mol. The predicted molar refractivity (Wildman–Crippen MR) is 81.9 cm³/mol. The van der Waals surface area contributed by atoms with Crippen molar-refractivity contribution < 1.29 is 0 Å². The summed E-state index contributed by atoms with van der Waals surface area (Å²) in [5, 5.41) is 5.17. The van der Waals surface area contributed by atoms with E-state index in [-0.39, 0.29) is 0 Å². The molecule has 1 aliphatic carbocycles. The lowest BCUT2D eigenvalue weighted by Gasteiger charge is -2.23. The Morgan fingerprint density at radius 1 is 1.26 bits per heavy atom. The van der Waals surface area contributed by atoms with Gasteiger partial charge < -0.3 is 10.3 Å². The summed E-state index contributed by atoms with van der Waals surface area (Å²) in [6, 6.07) is 5.15. The fourth-order valence-electron chi connectivity index (χ4n) is 3.37. The van der Waals surface area contributed by atoms with E-state index < -0.39 is 0 Å². The van der Waals surface area contributed by atoms with Crippen molar-refractivity contribution in [2.45, 2.75) is 52.5 Å². The fraction of sp³-hybridized carbons (Fsp3) is 0.529. The second kappa shape index (κ2) is 5.01. The van der Waals surface area contributed by atoms with Crippen LogP contribution in [0.2, 0.25) is 0 Å². The van der Waals surface area contributed by atoms with Gasteiger partial charge in [-0.1, -0.05) is 19.1 Å². The summed E-state index contributed by atoms with van der Waals surface area (Å²) in [6.45, 7) is 7.82. The highest BCUT2D eigenvalue weighted by Gasteiger charge is 2.23. The molecule has 0 bridgehead atoms. The molecule has 1 aromatic carbocycles. The quantitative estimate of drug-likeness (QED) is 0.862. The number of hydrogen-bond acceptors (Lipinski definition) is 1. The third-order valence-corrected chi connectivity index (χ3v) is 4.44. The van der Waals surface area contributed by atoms with Crippen LogP contribution in [0.15, 0.2) is 12.1 Å². The molecular formula is C17H24N2. The van der Waals surface area contributed by atoms with E-state index in [9.17, 15) is 0 Å². The van der Waals surface area contributed by atoms with E-state index in [4.69, 9.17) is 0 Å². The molecule has 1 aromatic heterocycles. The number of H-pyrrole nitrogens is 1. The van der Waals surface area contributed by atoms with Crippen molar-refractivity contribution in [2.24, 2.45) is 0 Å². The van der Waals surface area contributed by atoms with Gasteiger partial charge in [0.2, 0.25) is 0 Å². The van der Waals surface area contributed by atoms with Crippen molar-refractivity contribution in [2.75, 3.05) is 6.54 Å². The average molecular weight is 256 g/mol. The molecule has 102 valence electrons. The number of rotatable bonds is 3. The van der Waals surface area contributed by atoms with Crippen LogP contribution >= 0.6 is 0 Å². The third-order valence-electron chi connectivity index (χ3n) is 4.44. The van der Waals surface area contributed by atoms with Crippen LogP contribution < -0.4 is 5.32 Å². The van der Waals surface area contributed by atoms with E-state index in [1.165, 1.54) is 53.4 Å². The van der Waals surface area contributed by atoms with Crippen molar-refractivity contribution in [3.63, 3.8) is 0 Å². The normalized spacial score (nSPS) is 18.8. The summed E-state index contributed by atoms with van der Waals surface area (Å²) in [6.07, 6.45) is 4.84. The van der Waals surface area contributed by atoms with Crippen molar-refractivity contribution in [3.8, 4) is 0 Å². The summed E-state index contributed by atoms with van der Waals surface area (Å²) in [5.74, 6) is 0. The van der Waals surface area contributed by atoms with Gasteiger partial charge in [0.15, 0.2) is 0 Å². The minimum atomic E-state index is 0.659. The highest BCUT2D eigenvalue weighted by molar-refractivity contribution is 5.90. The molecule has 1 atom stereocenters. The SMILES string of the molecule is CCCNC1CCc2[nH]c3c(C)ccc(C)c3c2C1. The highest BCUT2D eigenvalue weighted by Crippen LogP contribution is 2.32. The molecule has 2 aromatic rings. The van der Waals surface area contributed by atoms with E-state index >= 15 is 0 Å². The Hall–Kier alpha value is -1.28. The van der Waals surface area contributed by atoms with Crippen LogP contribution in [-0.2, 0) is 12.8 Å². The van der Waals surface area contributed by atoms with Crippen molar-refractivity contribution in [3.05, 3.63) is 34.5 Å². The number of benzene rings is 1. The van der Waals surface area contributed by atoms with Crippen molar-refractivity contribution >= 4 is 10.9 Å². The number of nitrogens with one attached hydrogen (secondary N) is 2. The first kappa shape index (κ1) is 12.7. The molecule has 2 nitrogen and oxygen atoms in total. The van der Waals surface area contributed by atoms with Crippen LogP contribution in [-0.4, -0.2) is 17.6 Å². The van der Waals surface area contributed by atoms with Crippen LogP contribution in [0, 0.1) is 13.8 Å². The van der Waals surface area contributed by atoms with Crippen LogP contribution in [0.1, 0.15) is 42.1 Å². The topological polar surface area (TPSA) is 27.8 Å². The number of fused-ring (bicyclic) bond motifs is 3. The summed E-state index contributed by atoms with van der Waals surface area (Å²) in [5.41, 5.74) is 7.18. The lowest BCUT2D eigenvalue weighted by Crippen LogP contribution is -2.34. The zero-order valence-corrected chi connectivity index (χ0v) is 12.3. The Labute approximate surface area is 115 Å². The highest BCUT2D eigenvalue weighted by atomic mass is 14.9. The smallest absolute Gasteiger partial charge is 0.0491 e. The molecule has 0 aliphatic heterocycles. The first-order valence-electron chi connectivity index (χ1n) is 7.53. The Morgan fingerprint density at radius 2 is 2.05 bits per heavy atom. The molecule has 1 unspecified atom stereocenters. The average Bonchev–Trinajstić information content (AvgIpc) is 2.80. The minimum absolute atomic E-state index is 0.659. The van der Waals surface area contributed by atoms with Crippen molar-refractivity contribution in [1.29, 1.82) is 0 Å². The largest absolute Gasteiger partial charge is 0.358 e. The van der Waals surface area contributed by atoms with Gasteiger partial charge in [-0.05, 0) is 62.8 Å². The van der Waals surface area contributed by atoms with Crippen LogP contribution in [0.4, 0.5) is 0 Å². The Balaban J connectivity index is 2.01. The molecular weight excluding hydrogens is 232 g/mol. The van der Waals surface area contributed by atoms with Crippen molar-refractivity contribution in [1.82, 2.24) is 10.3 Å². The molecule has 19 heavy (non-hydrogen) atoms. The van der Waals surface area contributed by atoms with E-state index in [0.29, 0.717) is 6.04 Å². The Bertz CT molecular complexity index is 595. The summed E-state index contributed by atoms with van der Waals surface area (Å²) in [7, 11) is 0. The number of aromatic nitrogens is 1. The minimum Gasteiger partial charge on any atom is -0.358 e. The summed E-state index contributed by atoms with van der Waals surface area (Å²) >= 11 is 0. The fourth-order valence-corrected chi connectivity index (χ4v) is 3.37. The molecule has 0 saturated heterocycles. The molecule has 0 amide bonds. The maximum absolute atomic E-state index is 3.69. The van der Waals surface area contributed by atoms with Gasteiger partial charge in [0.05, 0.1) is 0 Å². The number of aryl methyl sites for hydroxylation is 3. The van der Waals surface area contributed by atoms with Gasteiger partial charge in [-0.3, -0.25) is 0 Å². The second-order valence-electron chi connectivity index (χ2n) is 5.93. The first-order valence-corrected chi connectivity index (χ1v) is 7.53. The van der Waals surface area contributed by atoms with E-state index in [1.54, 1.807) is 5.56 Å². The van der Waals surface area contributed by atoms with E-state index in [0.717, 1.165) is 6.54 Å². The molecule has 0 radical (unpaired) electrons. The molecule has 3 rings (SSSR count). The van der Waals surface area contributed by atoms with Crippen LogP contribution in [0.25, 0.3) is 10.9 Å². The van der Waals surface area contributed by atoms with Gasteiger partial charge in [0.1, 0.15) is 0 Å². The van der Waals surface area contributed by atoms with Gasteiger partial charge >= 0.3 is 0 Å². The summed E-state index contributed by atoms with van der Waals surface area (Å²) < 4.78 is 0. The maximum Gasteiger partial charge on any atom is 0.0491 e. The second-order valence-corrected chi connectivity index (χ2v) is 5.93. The molecule has 2 heteroatoms. The van der Waals surface area contributed by atoms with Crippen LogP contribution in [0.3, 0.4) is 0 Å². The van der Waals surface area contributed by atoms with Gasteiger partial charge in [0.25, 0.3) is 0 Å². The van der Waals surface area contributed by atoms with Gasteiger partial charge in [-0.25, -0.2) is 0 Å². The lowest BCUT2D eigenvalue weighted by molar-refractivity contribution is 0.458. The molecule has 1 heterocycles. The van der Waals surface area contributed by atoms with Gasteiger partial charge in [-0.2, -0.15) is 0 Å². The predicted octanol–water partition coefficient (Wildman–Crippen LogP) is 3.64. The molecule has 1 aliphatic rings. The zero-order valence-electron chi connectivity index (χ0n) is 12.3. The lowest BCUT2D eigenvalue weighted by atomic mass is 9.90. The third kappa shape index (κ3) is 2.18. The van der Waals surface area contributed by atoms with Crippen LogP contribution in [0.5, 0.6) is 0 Å². The number of hydrogen-bond donors (Lipinski definition) is 2. The molecule has 0 fully saturated rings. The standard InChI is InChI=1S/C17H24N2/c1-4-9-18-13-7-8-15-14(10-13)16-11(2)5-6-12(3)17(16)19-15/h5-6,13,18-19H,4,7-10H2,1-3H3. The van der Waals surface area contributed by atoms with E-state index in [1.807, 2.05) is 0 Å². The van der Waals surface area contributed by atoms with Gasteiger partial charge in [-0.15, -0.1) is 0 Å². The molecule has 0 spiro atoms. The summed E-state index contributed by atoms with van der Waals surface area (Å²) in [4.78, 5) is 3.67. The van der Waals surface area contributed by atoms with Gasteiger partial charge in [0, 0.05) is 22.6 Å². The number of aromatic amines is 1. The zero-order chi connectivity index (χ0) is 13.4. The molecule has 2 N–H and O–H groups in total.